The molecule has 2 aromatic carbocycles. The average molecular weight is 532 g/mol. The van der Waals surface area contributed by atoms with Crippen LogP contribution in [-0.2, 0) is 19.5 Å². The number of sulfonamides is 1. The predicted molar refractivity (Wildman–Crippen MR) is 142 cm³/mol. The standard InChI is InChI=1S/C27H37N3O6S/c1-27(2,3)36-26(32)29-23-14-17-30(18-15-23)24(21-10-6-4-7-11-21)20-37(33,34)28-16-19-35-25(31)22-12-8-5-9-13-22/h4-13,23-24,28H,14-20H2,1-3H3,(H,29,32). The van der Waals surface area contributed by atoms with Crippen LogP contribution < -0.4 is 10.0 Å². The molecule has 0 radical (unpaired) electrons. The van der Waals surface area contributed by atoms with Gasteiger partial charge in [0.2, 0.25) is 10.0 Å². The van der Waals surface area contributed by atoms with E-state index >= 15 is 0 Å². The SMILES string of the molecule is CC(C)(C)OC(=O)NC1CCN(C(CS(=O)(=O)NCCOC(=O)c2ccccc2)c2ccccc2)CC1. The highest BCUT2D eigenvalue weighted by atomic mass is 32.2. The molecule has 9 nitrogen and oxygen atoms in total. The Morgan fingerprint density at radius 3 is 2.19 bits per heavy atom. The van der Waals surface area contributed by atoms with Crippen LogP contribution in [0, 0.1) is 0 Å². The molecule has 202 valence electrons. The molecule has 1 saturated heterocycles. The van der Waals surface area contributed by atoms with Gasteiger partial charge in [-0.15, -0.1) is 0 Å². The Kier molecular flexibility index (Phi) is 10.1. The van der Waals surface area contributed by atoms with Crippen molar-refractivity contribution in [3.63, 3.8) is 0 Å². The number of esters is 1. The van der Waals surface area contributed by atoms with Crippen molar-refractivity contribution >= 4 is 22.1 Å². The summed E-state index contributed by atoms with van der Waals surface area (Å²) in [7, 11) is -3.67. The second kappa shape index (κ2) is 13.0. The fraction of sp³-hybridized carbons (Fsp3) is 0.481. The van der Waals surface area contributed by atoms with Crippen LogP contribution in [0.3, 0.4) is 0 Å². The van der Waals surface area contributed by atoms with Crippen molar-refractivity contribution in [2.45, 2.75) is 51.3 Å². The first-order valence-electron chi connectivity index (χ1n) is 12.5. The maximum Gasteiger partial charge on any atom is 0.407 e. The Labute approximate surface area is 219 Å². The Morgan fingerprint density at radius 1 is 1.00 bits per heavy atom. The van der Waals surface area contributed by atoms with E-state index in [1.807, 2.05) is 51.1 Å². The van der Waals surface area contributed by atoms with Gasteiger partial charge in [0, 0.05) is 25.7 Å². The lowest BCUT2D eigenvalue weighted by Gasteiger charge is -2.38. The number of carbonyl (C=O) groups excluding carboxylic acids is 2. The van der Waals surface area contributed by atoms with Gasteiger partial charge in [0.25, 0.3) is 0 Å². The fourth-order valence-corrected chi connectivity index (χ4v) is 5.51. The zero-order valence-corrected chi connectivity index (χ0v) is 22.5. The van der Waals surface area contributed by atoms with E-state index in [0.717, 1.165) is 5.56 Å². The molecule has 1 fully saturated rings. The minimum Gasteiger partial charge on any atom is -0.461 e. The van der Waals surface area contributed by atoms with E-state index in [4.69, 9.17) is 9.47 Å². The molecule has 1 unspecified atom stereocenters. The third-order valence-electron chi connectivity index (χ3n) is 5.92. The molecule has 1 aliphatic heterocycles. The third kappa shape index (κ3) is 9.79. The third-order valence-corrected chi connectivity index (χ3v) is 7.32. The molecule has 0 aliphatic carbocycles. The summed E-state index contributed by atoms with van der Waals surface area (Å²) in [6.45, 7) is 6.65. The predicted octanol–water partition coefficient (Wildman–Crippen LogP) is 3.49. The number of piperidine rings is 1. The molecule has 1 heterocycles. The van der Waals surface area contributed by atoms with Crippen molar-refractivity contribution in [1.29, 1.82) is 0 Å². The molecule has 37 heavy (non-hydrogen) atoms. The van der Waals surface area contributed by atoms with Crippen LogP contribution in [0.15, 0.2) is 60.7 Å². The summed E-state index contributed by atoms with van der Waals surface area (Å²) in [5, 5.41) is 2.92. The largest absolute Gasteiger partial charge is 0.461 e. The number of hydrogen-bond acceptors (Lipinski definition) is 7. The Bertz CT molecular complexity index is 1110. The molecule has 2 aromatic rings. The highest BCUT2D eigenvalue weighted by Crippen LogP contribution is 2.26. The van der Waals surface area contributed by atoms with Crippen molar-refractivity contribution in [1.82, 2.24) is 14.9 Å². The highest BCUT2D eigenvalue weighted by Gasteiger charge is 2.31. The van der Waals surface area contributed by atoms with Crippen molar-refractivity contribution in [3.8, 4) is 0 Å². The van der Waals surface area contributed by atoms with E-state index in [1.54, 1.807) is 30.3 Å². The van der Waals surface area contributed by atoms with Crippen LogP contribution >= 0.6 is 0 Å². The lowest BCUT2D eigenvalue weighted by molar-refractivity contribution is 0.0467. The molecule has 0 saturated carbocycles. The molecule has 10 heteroatoms. The zero-order chi connectivity index (χ0) is 26.9. The quantitative estimate of drug-likeness (QED) is 0.356. The van der Waals surface area contributed by atoms with Crippen LogP contribution in [0.1, 0.15) is 55.6 Å². The minimum absolute atomic E-state index is 0.00962. The van der Waals surface area contributed by atoms with Gasteiger partial charge in [0.15, 0.2) is 0 Å². The van der Waals surface area contributed by atoms with Gasteiger partial charge in [-0.1, -0.05) is 48.5 Å². The maximum absolute atomic E-state index is 13.0. The number of likely N-dealkylation sites (tertiary alicyclic amines) is 1. The van der Waals surface area contributed by atoms with E-state index in [2.05, 4.69) is 14.9 Å². The van der Waals surface area contributed by atoms with E-state index in [0.29, 0.717) is 31.5 Å². The molecule has 1 amide bonds. The average Bonchev–Trinajstić information content (AvgIpc) is 2.85. The monoisotopic (exact) mass is 531 g/mol. The van der Waals surface area contributed by atoms with Crippen molar-refractivity contribution in [2.24, 2.45) is 0 Å². The second-order valence-electron chi connectivity index (χ2n) is 10.1. The van der Waals surface area contributed by atoms with Crippen molar-refractivity contribution in [2.75, 3.05) is 32.0 Å². The molecular formula is C27H37N3O6S. The number of ether oxygens (including phenoxy) is 2. The summed E-state index contributed by atoms with van der Waals surface area (Å²) in [6.07, 6.45) is 0.932. The fourth-order valence-electron chi connectivity index (χ4n) is 4.18. The summed E-state index contributed by atoms with van der Waals surface area (Å²) in [5.41, 5.74) is 0.755. The second-order valence-corrected chi connectivity index (χ2v) is 11.9. The van der Waals surface area contributed by atoms with Gasteiger partial charge in [0.05, 0.1) is 17.4 Å². The van der Waals surface area contributed by atoms with Gasteiger partial charge in [-0.25, -0.2) is 22.7 Å². The van der Waals surface area contributed by atoms with Crippen molar-refractivity contribution in [3.05, 3.63) is 71.8 Å². The molecule has 1 aliphatic rings. The normalized spacial score (nSPS) is 16.1. The van der Waals surface area contributed by atoms with Gasteiger partial charge in [-0.2, -0.15) is 0 Å². The molecule has 0 bridgehead atoms. The number of amides is 1. The molecule has 0 spiro atoms. The summed E-state index contributed by atoms with van der Waals surface area (Å²) in [4.78, 5) is 26.3. The minimum atomic E-state index is -3.67. The Hall–Kier alpha value is -2.95. The highest BCUT2D eigenvalue weighted by molar-refractivity contribution is 7.89. The number of nitrogens with zero attached hydrogens (tertiary/aromatic N) is 1. The first-order valence-corrected chi connectivity index (χ1v) is 14.2. The van der Waals surface area contributed by atoms with E-state index < -0.39 is 27.7 Å². The number of nitrogens with one attached hydrogen (secondary N) is 2. The van der Waals surface area contributed by atoms with Crippen LogP contribution in [0.4, 0.5) is 4.79 Å². The van der Waals surface area contributed by atoms with E-state index in [1.165, 1.54) is 0 Å². The number of rotatable bonds is 10. The topological polar surface area (TPSA) is 114 Å². The molecule has 3 rings (SSSR count). The lowest BCUT2D eigenvalue weighted by atomic mass is 10.0. The number of benzene rings is 2. The summed E-state index contributed by atoms with van der Waals surface area (Å²) in [6, 6.07) is 17.7. The Morgan fingerprint density at radius 2 is 1.59 bits per heavy atom. The number of carbonyl (C=O) groups is 2. The zero-order valence-electron chi connectivity index (χ0n) is 21.7. The molecular weight excluding hydrogens is 494 g/mol. The van der Waals surface area contributed by atoms with Gasteiger partial charge in [-0.3, -0.25) is 4.90 Å². The first-order chi connectivity index (χ1) is 17.5. The van der Waals surface area contributed by atoms with Gasteiger partial charge in [0.1, 0.15) is 12.2 Å². The smallest absolute Gasteiger partial charge is 0.407 e. The van der Waals surface area contributed by atoms with E-state index in [-0.39, 0.29) is 31.0 Å². The molecule has 1 atom stereocenters. The molecule has 0 aromatic heterocycles. The lowest BCUT2D eigenvalue weighted by Crippen LogP contribution is -2.48. The van der Waals surface area contributed by atoms with E-state index in [9.17, 15) is 18.0 Å². The summed E-state index contributed by atoms with van der Waals surface area (Å²) < 4.78 is 39.0. The number of hydrogen-bond donors (Lipinski definition) is 2. The molecule has 2 N–H and O–H groups in total. The maximum atomic E-state index is 13.0. The van der Waals surface area contributed by atoms with Gasteiger partial charge < -0.3 is 14.8 Å². The first kappa shape index (κ1) is 28.6. The van der Waals surface area contributed by atoms with Crippen LogP contribution in [-0.4, -0.2) is 69.0 Å². The Balaban J connectivity index is 1.54. The van der Waals surface area contributed by atoms with Gasteiger partial charge in [-0.05, 0) is 51.3 Å². The van der Waals surface area contributed by atoms with Crippen LogP contribution in [0.5, 0.6) is 0 Å². The van der Waals surface area contributed by atoms with Crippen LogP contribution in [0.25, 0.3) is 0 Å². The van der Waals surface area contributed by atoms with Crippen molar-refractivity contribution < 1.29 is 27.5 Å². The van der Waals surface area contributed by atoms with Crippen LogP contribution in [0.2, 0.25) is 0 Å². The number of alkyl carbamates (subject to hydrolysis) is 1. The summed E-state index contributed by atoms with van der Waals surface area (Å²) in [5.74, 6) is -0.627. The summed E-state index contributed by atoms with van der Waals surface area (Å²) >= 11 is 0. The van der Waals surface area contributed by atoms with Gasteiger partial charge >= 0.3 is 12.1 Å².